The van der Waals surface area contributed by atoms with Crippen LogP contribution in [0.2, 0.25) is 0 Å². The van der Waals surface area contributed by atoms with Gasteiger partial charge in [0.1, 0.15) is 0 Å². The fourth-order valence-corrected chi connectivity index (χ4v) is 3.89. The standard InChI is InChI=1S/C15H30N2O2/c1-4-17(10-14-6-5-7-18-14)15(11-16)8-12(2)19-13(3)9-15/h12-14H,4-11,16H2,1-3H3. The van der Waals surface area contributed by atoms with Gasteiger partial charge < -0.3 is 15.2 Å². The quantitative estimate of drug-likeness (QED) is 0.827. The highest BCUT2D eigenvalue weighted by molar-refractivity contribution is 4.98. The van der Waals surface area contributed by atoms with Crippen LogP contribution >= 0.6 is 0 Å². The molecule has 0 aliphatic carbocycles. The van der Waals surface area contributed by atoms with E-state index in [0.29, 0.717) is 24.9 Å². The molecule has 0 radical (unpaired) electrons. The van der Waals surface area contributed by atoms with Gasteiger partial charge in [0.2, 0.25) is 0 Å². The highest BCUT2D eigenvalue weighted by Gasteiger charge is 2.42. The van der Waals surface area contributed by atoms with Gasteiger partial charge in [0.05, 0.1) is 18.3 Å². The first-order chi connectivity index (χ1) is 9.09. The Morgan fingerprint density at radius 3 is 2.42 bits per heavy atom. The predicted molar refractivity (Wildman–Crippen MR) is 77.2 cm³/mol. The van der Waals surface area contributed by atoms with Crippen LogP contribution in [0.5, 0.6) is 0 Å². The fraction of sp³-hybridized carbons (Fsp3) is 1.00. The molecule has 112 valence electrons. The third kappa shape index (κ3) is 3.48. The summed E-state index contributed by atoms with van der Waals surface area (Å²) < 4.78 is 11.7. The molecule has 4 nitrogen and oxygen atoms in total. The van der Waals surface area contributed by atoms with Crippen LogP contribution in [0.4, 0.5) is 0 Å². The van der Waals surface area contributed by atoms with Crippen molar-refractivity contribution < 1.29 is 9.47 Å². The van der Waals surface area contributed by atoms with Gasteiger partial charge in [-0.1, -0.05) is 6.92 Å². The highest BCUT2D eigenvalue weighted by atomic mass is 16.5. The largest absolute Gasteiger partial charge is 0.377 e. The van der Waals surface area contributed by atoms with E-state index in [-0.39, 0.29) is 5.54 Å². The number of hydrogen-bond donors (Lipinski definition) is 1. The zero-order valence-electron chi connectivity index (χ0n) is 12.7. The van der Waals surface area contributed by atoms with E-state index in [9.17, 15) is 0 Å². The average molecular weight is 270 g/mol. The predicted octanol–water partition coefficient (Wildman–Crippen LogP) is 1.77. The molecule has 19 heavy (non-hydrogen) atoms. The van der Waals surface area contributed by atoms with Crippen LogP contribution in [0.3, 0.4) is 0 Å². The Morgan fingerprint density at radius 1 is 1.26 bits per heavy atom. The zero-order chi connectivity index (χ0) is 13.9. The number of hydrogen-bond acceptors (Lipinski definition) is 4. The van der Waals surface area contributed by atoms with Crippen LogP contribution in [-0.4, -0.2) is 55.0 Å². The maximum atomic E-state index is 6.18. The lowest BCUT2D eigenvalue weighted by Crippen LogP contribution is -2.61. The Balaban J connectivity index is 2.07. The molecule has 2 heterocycles. The van der Waals surface area contributed by atoms with Crippen LogP contribution in [0.15, 0.2) is 0 Å². The minimum atomic E-state index is 0.0950. The number of nitrogens with zero attached hydrogens (tertiary/aromatic N) is 1. The molecule has 0 spiro atoms. The van der Waals surface area contributed by atoms with Crippen LogP contribution in [0.25, 0.3) is 0 Å². The molecule has 0 aromatic heterocycles. The SMILES string of the molecule is CCN(CC1CCCO1)C1(CN)CC(C)OC(C)C1. The van der Waals surface area contributed by atoms with Crippen molar-refractivity contribution in [1.82, 2.24) is 4.90 Å². The van der Waals surface area contributed by atoms with Gasteiger partial charge >= 0.3 is 0 Å². The first-order valence-corrected chi connectivity index (χ1v) is 7.82. The third-order valence-electron chi connectivity index (χ3n) is 4.68. The molecule has 0 saturated carbocycles. The maximum Gasteiger partial charge on any atom is 0.0703 e. The summed E-state index contributed by atoms with van der Waals surface area (Å²) in [7, 11) is 0. The van der Waals surface area contributed by atoms with E-state index in [1.807, 2.05) is 0 Å². The second-order valence-corrected chi connectivity index (χ2v) is 6.27. The number of likely N-dealkylation sites (N-methyl/N-ethyl adjacent to an activating group) is 1. The van der Waals surface area contributed by atoms with Gasteiger partial charge in [-0.2, -0.15) is 0 Å². The van der Waals surface area contributed by atoms with Crippen molar-refractivity contribution >= 4 is 0 Å². The smallest absolute Gasteiger partial charge is 0.0703 e. The second kappa shape index (κ2) is 6.53. The molecule has 3 unspecified atom stereocenters. The van der Waals surface area contributed by atoms with E-state index in [1.165, 1.54) is 12.8 Å². The molecular weight excluding hydrogens is 240 g/mol. The summed E-state index contributed by atoms with van der Waals surface area (Å²) in [5.74, 6) is 0. The van der Waals surface area contributed by atoms with Gasteiger partial charge in [0, 0.05) is 25.2 Å². The molecule has 0 amide bonds. The van der Waals surface area contributed by atoms with Crippen molar-refractivity contribution in [3.63, 3.8) is 0 Å². The van der Waals surface area contributed by atoms with E-state index in [4.69, 9.17) is 15.2 Å². The molecule has 0 aromatic rings. The first-order valence-electron chi connectivity index (χ1n) is 7.82. The van der Waals surface area contributed by atoms with Gasteiger partial charge in [-0.3, -0.25) is 4.90 Å². The summed E-state index contributed by atoms with van der Waals surface area (Å²) in [6.45, 7) is 10.3. The van der Waals surface area contributed by atoms with E-state index in [2.05, 4.69) is 25.7 Å². The Labute approximate surface area is 117 Å². The molecule has 3 atom stereocenters. The van der Waals surface area contributed by atoms with Crippen molar-refractivity contribution in [2.45, 2.75) is 70.3 Å². The summed E-state index contributed by atoms with van der Waals surface area (Å²) in [5, 5.41) is 0. The number of rotatable bonds is 5. The normalized spacial score (nSPS) is 39.9. The van der Waals surface area contributed by atoms with E-state index >= 15 is 0 Å². The van der Waals surface area contributed by atoms with Gasteiger partial charge in [-0.05, 0) is 46.1 Å². The van der Waals surface area contributed by atoms with Crippen LogP contribution in [-0.2, 0) is 9.47 Å². The fourth-order valence-electron chi connectivity index (χ4n) is 3.89. The lowest BCUT2D eigenvalue weighted by molar-refractivity contribution is -0.109. The van der Waals surface area contributed by atoms with E-state index in [0.717, 1.165) is 32.5 Å². The number of ether oxygens (including phenoxy) is 2. The monoisotopic (exact) mass is 270 g/mol. The van der Waals surface area contributed by atoms with Gasteiger partial charge in [-0.15, -0.1) is 0 Å². The number of nitrogens with two attached hydrogens (primary N) is 1. The van der Waals surface area contributed by atoms with Crippen LogP contribution < -0.4 is 5.73 Å². The maximum absolute atomic E-state index is 6.18. The zero-order valence-corrected chi connectivity index (χ0v) is 12.7. The molecule has 4 heteroatoms. The summed E-state index contributed by atoms with van der Waals surface area (Å²) >= 11 is 0. The molecule has 2 saturated heterocycles. The summed E-state index contributed by atoms with van der Waals surface area (Å²) in [4.78, 5) is 2.55. The molecule has 2 aliphatic rings. The van der Waals surface area contributed by atoms with Gasteiger partial charge in [0.25, 0.3) is 0 Å². The van der Waals surface area contributed by atoms with Crippen molar-refractivity contribution in [3.05, 3.63) is 0 Å². The highest BCUT2D eigenvalue weighted by Crippen LogP contribution is 2.34. The Bertz CT molecular complexity index is 269. The summed E-state index contributed by atoms with van der Waals surface area (Å²) in [6.07, 6.45) is 5.46. The van der Waals surface area contributed by atoms with E-state index in [1.54, 1.807) is 0 Å². The summed E-state index contributed by atoms with van der Waals surface area (Å²) in [6, 6.07) is 0. The van der Waals surface area contributed by atoms with Gasteiger partial charge in [-0.25, -0.2) is 0 Å². The molecule has 0 aromatic carbocycles. The molecule has 0 bridgehead atoms. The second-order valence-electron chi connectivity index (χ2n) is 6.27. The molecule has 2 fully saturated rings. The Kier molecular flexibility index (Phi) is 5.23. The minimum absolute atomic E-state index is 0.0950. The lowest BCUT2D eigenvalue weighted by Gasteiger charge is -2.49. The van der Waals surface area contributed by atoms with Crippen molar-refractivity contribution in [1.29, 1.82) is 0 Å². The lowest BCUT2D eigenvalue weighted by atomic mass is 9.82. The first kappa shape index (κ1) is 15.2. The van der Waals surface area contributed by atoms with Crippen molar-refractivity contribution in [2.75, 3.05) is 26.2 Å². The molecular formula is C15H30N2O2. The molecule has 2 N–H and O–H groups in total. The topological polar surface area (TPSA) is 47.7 Å². The van der Waals surface area contributed by atoms with E-state index < -0.39 is 0 Å². The Morgan fingerprint density at radius 2 is 1.95 bits per heavy atom. The molecule has 2 aliphatic heterocycles. The minimum Gasteiger partial charge on any atom is -0.377 e. The van der Waals surface area contributed by atoms with Gasteiger partial charge in [0.15, 0.2) is 0 Å². The average Bonchev–Trinajstić information content (AvgIpc) is 2.87. The summed E-state index contributed by atoms with van der Waals surface area (Å²) in [5.41, 5.74) is 6.27. The van der Waals surface area contributed by atoms with Crippen LogP contribution in [0.1, 0.15) is 46.5 Å². The molecule has 2 rings (SSSR count). The van der Waals surface area contributed by atoms with Crippen LogP contribution in [0, 0.1) is 0 Å². The van der Waals surface area contributed by atoms with Crippen molar-refractivity contribution in [2.24, 2.45) is 5.73 Å². The van der Waals surface area contributed by atoms with Crippen molar-refractivity contribution in [3.8, 4) is 0 Å². The Hall–Kier alpha value is -0.160. The third-order valence-corrected chi connectivity index (χ3v) is 4.68.